The number of aromatic amines is 2. The molecule has 3 aromatic carbocycles. The van der Waals surface area contributed by atoms with Crippen molar-refractivity contribution in [2.24, 2.45) is 28.7 Å². The highest BCUT2D eigenvalue weighted by molar-refractivity contribution is 7.99. The van der Waals surface area contributed by atoms with Crippen LogP contribution in [-0.2, 0) is 101 Å². The molecule has 26 N–H and O–H groups in total. The van der Waals surface area contributed by atoms with E-state index in [1.165, 1.54) is 31.2 Å². The van der Waals surface area contributed by atoms with Gasteiger partial charge in [-0.15, -0.1) is 0 Å². The van der Waals surface area contributed by atoms with Crippen LogP contribution in [0.15, 0.2) is 85.2 Å². The number of unbranched alkanes of at least 4 members (excludes halogenated alkanes) is 1. The Morgan fingerprint density at radius 2 is 1.18 bits per heavy atom. The molecule has 12 atom stereocenters. The maximum Gasteiger partial charge on any atom is 0.303 e. The zero-order valence-electron chi connectivity index (χ0n) is 62.2. The van der Waals surface area contributed by atoms with E-state index in [1.54, 1.807) is 60.9 Å². The van der Waals surface area contributed by atoms with Crippen LogP contribution < -0.4 is 92.5 Å². The van der Waals surface area contributed by atoms with Crippen molar-refractivity contribution in [1.82, 2.24) is 73.8 Å². The molecule has 2 aromatic heterocycles. The molecule has 1 saturated heterocycles. The third kappa shape index (κ3) is 28.1. The number of aliphatic hydroxyl groups is 1. The van der Waals surface area contributed by atoms with Crippen molar-refractivity contribution >= 4 is 134 Å². The quantitative estimate of drug-likeness (QED) is 0.0167. The summed E-state index contributed by atoms with van der Waals surface area (Å²) in [5, 5.41) is 61.7. The monoisotopic (exact) mass is 1590 g/mol. The second-order valence-corrected chi connectivity index (χ2v) is 28.5. The lowest BCUT2D eigenvalue weighted by Crippen LogP contribution is -2.64. The number of nitriles is 1. The van der Waals surface area contributed by atoms with Gasteiger partial charge >= 0.3 is 5.97 Å². The molecule has 1 aliphatic heterocycles. The first-order valence-electron chi connectivity index (χ1n) is 36.1. The Morgan fingerprint density at radius 3 is 1.75 bits per heavy atom. The van der Waals surface area contributed by atoms with E-state index in [2.05, 4.69) is 73.8 Å². The highest BCUT2D eigenvalue weighted by Crippen LogP contribution is 2.24. The topological polar surface area (TPSA) is 660 Å². The van der Waals surface area contributed by atoms with Crippen molar-refractivity contribution in [3.05, 3.63) is 107 Å². The molecule has 0 saturated carbocycles. The number of thioether (sulfide) groups is 1. The third-order valence-electron chi connectivity index (χ3n) is 18.2. The van der Waals surface area contributed by atoms with E-state index in [1.807, 2.05) is 6.07 Å². The average molecular weight is 1590 g/mol. The molecule has 5 aromatic rings. The second-order valence-electron chi connectivity index (χ2n) is 27.3. The Balaban J connectivity index is 1.44. The van der Waals surface area contributed by atoms with E-state index in [9.17, 15) is 77.8 Å². The van der Waals surface area contributed by atoms with Gasteiger partial charge < -0.3 is 113 Å². The summed E-state index contributed by atoms with van der Waals surface area (Å²) in [5.74, 6) is -19.0. The predicted octanol–water partition coefficient (Wildman–Crippen LogP) is -5.19. The van der Waals surface area contributed by atoms with E-state index < -0.39 is 236 Å². The number of hydrogen-bond acceptors (Lipinski definition) is 21. The number of fused-ring (bicyclic) bond motifs is 2. The molecule has 608 valence electrons. The van der Waals surface area contributed by atoms with Gasteiger partial charge in [0.2, 0.25) is 94.5 Å². The summed E-state index contributed by atoms with van der Waals surface area (Å²) >= 11 is 0.900. The second kappa shape index (κ2) is 43.2. The number of H-pyrrole nitrogens is 2. The lowest BCUT2D eigenvalue weighted by molar-refractivity contribution is -0.140. The van der Waals surface area contributed by atoms with Gasteiger partial charge in [-0.1, -0.05) is 48.5 Å². The number of amides is 16. The minimum absolute atomic E-state index is 0.0822. The molecule has 113 heavy (non-hydrogen) atoms. The number of carbonyl (C=O) groups is 17. The van der Waals surface area contributed by atoms with E-state index in [-0.39, 0.29) is 56.4 Å². The number of carbonyl (C=O) groups excluding carboxylic acids is 16. The van der Waals surface area contributed by atoms with Crippen LogP contribution in [0.3, 0.4) is 0 Å². The number of nitrogens with two attached hydrogens (primary N) is 5. The maximum absolute atomic E-state index is 15.6. The molecular weight excluding hydrogens is 1490 g/mol. The molecule has 16 amide bonds. The summed E-state index contributed by atoms with van der Waals surface area (Å²) in [5.41, 5.74) is 27.9. The average Bonchev–Trinajstić information content (AvgIpc) is 1.69. The molecule has 6 rings (SSSR count). The smallest absolute Gasteiger partial charge is 0.303 e. The Morgan fingerprint density at radius 1 is 0.619 bits per heavy atom. The number of para-hydroxylation sites is 2. The lowest BCUT2D eigenvalue weighted by Gasteiger charge is -2.34. The van der Waals surface area contributed by atoms with Gasteiger partial charge in [-0.3, -0.25) is 81.5 Å². The van der Waals surface area contributed by atoms with Crippen molar-refractivity contribution in [3.8, 4) is 6.07 Å². The molecule has 39 nitrogen and oxygen atoms in total. The fourth-order valence-electron chi connectivity index (χ4n) is 12.2. The number of nitrogens with zero attached hydrogens (tertiary/aromatic N) is 1. The number of nitrogens with one attached hydrogen (secondary N) is 14. The summed E-state index contributed by atoms with van der Waals surface area (Å²) in [6.07, 6.45) is -4.30. The number of hydrogen-bond donors (Lipinski definition) is 21. The van der Waals surface area contributed by atoms with E-state index in [0.717, 1.165) is 25.6 Å². The van der Waals surface area contributed by atoms with Crippen LogP contribution in [0.25, 0.3) is 21.8 Å². The molecule has 0 bridgehead atoms. The molecule has 0 aliphatic carbocycles. The Hall–Kier alpha value is -12.5. The molecule has 0 radical (unpaired) electrons. The van der Waals surface area contributed by atoms with Crippen molar-refractivity contribution in [2.75, 3.05) is 24.6 Å². The number of rotatable bonds is 36. The normalized spacial score (nSPS) is 19.1. The number of primary amides is 4. The fraction of sp³-hybridized carbons (Fsp3) is 0.452. The van der Waals surface area contributed by atoms with Crippen LogP contribution in [0, 0.1) is 11.3 Å². The Kier molecular flexibility index (Phi) is 34.2. The predicted molar refractivity (Wildman–Crippen MR) is 407 cm³/mol. The van der Waals surface area contributed by atoms with Gasteiger partial charge in [0.25, 0.3) is 0 Å². The summed E-state index contributed by atoms with van der Waals surface area (Å²) in [7, 11) is 0. The van der Waals surface area contributed by atoms with Crippen molar-refractivity contribution in [3.63, 3.8) is 0 Å². The number of carboxylic acids is 1. The SMILES string of the molecule is CC(=O)N[C@H]1CCSC[C@@H](C(=O)N[C@@H](Cc2ccc(C#N)cc2)C(=O)N[C@@H](Cc2c[nH]c3ccccc23)C(=O)N[C@@](C)(CCCCN)C(=O)N[C@@H](CCC(=O)O)C(=O)N[C@@H](CC(N)=O)C(=O)NCC(N)=O)NC(=O)[C@H](CCC(N)=O)NC(=O)[C@H](Cc2c[nH]c3ccccc23)NC(=O)[C@H]([C@@H](C)O)NC(=O)[C@H](CCC(N)=O)NC1=O. The molecule has 1 aliphatic rings. The zero-order valence-corrected chi connectivity index (χ0v) is 63.1. The number of carboxylic acid groups (broad SMARTS) is 1. The maximum atomic E-state index is 15.6. The van der Waals surface area contributed by atoms with Crippen LogP contribution in [-0.4, -0.2) is 217 Å². The van der Waals surface area contributed by atoms with E-state index >= 15 is 19.2 Å². The van der Waals surface area contributed by atoms with Gasteiger partial charge in [0.1, 0.15) is 66.0 Å². The molecule has 1 fully saturated rings. The van der Waals surface area contributed by atoms with Crippen molar-refractivity contribution in [2.45, 2.75) is 183 Å². The summed E-state index contributed by atoms with van der Waals surface area (Å²) < 4.78 is 0. The van der Waals surface area contributed by atoms with Gasteiger partial charge in [0.15, 0.2) is 0 Å². The van der Waals surface area contributed by atoms with Gasteiger partial charge in [-0.25, -0.2) is 0 Å². The van der Waals surface area contributed by atoms with Crippen molar-refractivity contribution in [1.29, 1.82) is 5.26 Å². The first kappa shape index (κ1) is 89.4. The molecular formula is C73H96N20O19S. The van der Waals surface area contributed by atoms with Gasteiger partial charge in [0.05, 0.1) is 30.7 Å². The number of aromatic nitrogens is 2. The summed E-state index contributed by atoms with van der Waals surface area (Å²) in [6.45, 7) is 2.83. The minimum Gasteiger partial charge on any atom is -0.481 e. The number of aliphatic hydroxyl groups excluding tert-OH is 1. The van der Waals surface area contributed by atoms with Gasteiger partial charge in [0, 0.05) is 85.4 Å². The number of aliphatic carboxylic acids is 1. The van der Waals surface area contributed by atoms with Crippen LogP contribution in [0.1, 0.15) is 114 Å². The van der Waals surface area contributed by atoms with E-state index in [4.69, 9.17) is 28.7 Å². The first-order chi connectivity index (χ1) is 53.6. The number of benzene rings is 3. The largest absolute Gasteiger partial charge is 0.481 e. The Bertz CT molecular complexity index is 4370. The lowest BCUT2D eigenvalue weighted by atomic mass is 9.91. The molecule has 3 heterocycles. The zero-order chi connectivity index (χ0) is 83.2. The van der Waals surface area contributed by atoms with E-state index in [0.29, 0.717) is 38.5 Å². The minimum atomic E-state index is -2.10. The fourth-order valence-corrected chi connectivity index (χ4v) is 13.2. The van der Waals surface area contributed by atoms with Crippen LogP contribution >= 0.6 is 11.8 Å². The summed E-state index contributed by atoms with van der Waals surface area (Å²) in [6, 6.07) is 4.00. The first-order valence-corrected chi connectivity index (χ1v) is 37.2. The highest BCUT2D eigenvalue weighted by atomic mass is 32.2. The Labute approximate surface area is 651 Å². The van der Waals surface area contributed by atoms with Crippen LogP contribution in [0.5, 0.6) is 0 Å². The summed E-state index contributed by atoms with van der Waals surface area (Å²) in [4.78, 5) is 241. The van der Waals surface area contributed by atoms with Gasteiger partial charge in [-0.05, 0) is 112 Å². The highest BCUT2D eigenvalue weighted by Gasteiger charge is 2.42. The molecule has 40 heteroatoms. The third-order valence-corrected chi connectivity index (χ3v) is 19.3. The molecule has 0 unspecified atom stereocenters. The molecule has 0 spiro atoms. The van der Waals surface area contributed by atoms with Gasteiger partial charge in [-0.2, -0.15) is 17.0 Å². The standard InChI is InChI=1S/C73H96N20O19S/c1-37(94)61-71(111)89-52(29-41-33-80-45-12-6-4-10-43(41)45)68(108)85-47(18-21-56(76)96)63(103)90-55(36-113-27-24-50(83-38(2)95)65(105)84-48(66(106)92-61)19-22-57(77)97)69(109)86-51(28-39-14-16-40(32-75)17-15-39)67(107)87-53(30-42-34-81-46-13-7-5-11-44(42)46)70(110)93-73(3,25-8-9-26-74)72(112)91-49(20-23-60(100)101)64(104)88-54(31-58(78)98)62(102)82-35-59(79)99/h4-7,10-17,33-34,37,47-55,61,80-81,94H,8-9,18-31,35-36,74H2,1-3H3,(H2,76,96)(H2,77,97)(H2,78,98)(H2,79,99)(H,82,102)(H,83,95)(H,84,105)(H,85,108)(H,86,109)(H,87,107)(H,88,104)(H,89,111)(H,90,103)(H,91,112)(H,92,106)(H,93,110)(H,100,101)/t37-,47+,48+,49+,50+,51+,52+,53+,54+,55+,61+,73+/m1/s1. The van der Waals surface area contributed by atoms with Crippen molar-refractivity contribution < 1.29 is 91.7 Å². The van der Waals surface area contributed by atoms with Crippen LogP contribution in [0.4, 0.5) is 0 Å². The van der Waals surface area contributed by atoms with Crippen LogP contribution in [0.2, 0.25) is 0 Å².